The number of likely N-dealkylation sites (tertiary alicyclic amines) is 1. The highest BCUT2D eigenvalue weighted by Gasteiger charge is 2.23. The van der Waals surface area contributed by atoms with Gasteiger partial charge in [-0.2, -0.15) is 0 Å². The Morgan fingerprint density at radius 1 is 1.71 bits per heavy atom. The van der Waals surface area contributed by atoms with Crippen LogP contribution in [0, 0.1) is 0 Å². The van der Waals surface area contributed by atoms with Crippen molar-refractivity contribution in [2.24, 2.45) is 10.7 Å². The summed E-state index contributed by atoms with van der Waals surface area (Å²) in [6, 6.07) is 0.220. The van der Waals surface area contributed by atoms with E-state index in [-0.39, 0.29) is 11.9 Å². The number of hydrogen-bond acceptors (Lipinski definition) is 2. The van der Waals surface area contributed by atoms with Crippen LogP contribution in [0.3, 0.4) is 0 Å². The summed E-state index contributed by atoms with van der Waals surface area (Å²) in [6.07, 6.45) is 0.944. The SMILES string of the molecule is CCN=C(N)N1CCC(NC(C)=O)C1. The quantitative estimate of drug-likeness (QED) is 0.465. The molecule has 0 aromatic carbocycles. The molecule has 1 aliphatic heterocycles. The van der Waals surface area contributed by atoms with E-state index in [4.69, 9.17) is 5.73 Å². The van der Waals surface area contributed by atoms with Crippen LogP contribution in [0.5, 0.6) is 0 Å². The number of nitrogens with two attached hydrogens (primary N) is 1. The molecule has 1 fully saturated rings. The van der Waals surface area contributed by atoms with Crippen LogP contribution >= 0.6 is 0 Å². The molecule has 0 aromatic rings. The molecular formula is C9H18N4O. The van der Waals surface area contributed by atoms with Crippen molar-refractivity contribution in [1.29, 1.82) is 0 Å². The maximum absolute atomic E-state index is 10.8. The Bertz CT molecular complexity index is 239. The van der Waals surface area contributed by atoms with Gasteiger partial charge in [-0.25, -0.2) is 0 Å². The first-order valence-electron chi connectivity index (χ1n) is 4.95. The lowest BCUT2D eigenvalue weighted by atomic mass is 10.3. The van der Waals surface area contributed by atoms with Gasteiger partial charge in [0.25, 0.3) is 0 Å². The molecule has 1 heterocycles. The molecule has 0 aromatic heterocycles. The number of guanidine groups is 1. The topological polar surface area (TPSA) is 70.7 Å². The molecule has 0 radical (unpaired) electrons. The molecule has 0 spiro atoms. The average Bonchev–Trinajstić information content (AvgIpc) is 2.52. The molecule has 1 unspecified atom stereocenters. The number of rotatable bonds is 2. The summed E-state index contributed by atoms with van der Waals surface area (Å²) in [6.45, 7) is 5.84. The van der Waals surface area contributed by atoms with E-state index in [0.717, 1.165) is 19.5 Å². The Morgan fingerprint density at radius 3 is 3.00 bits per heavy atom. The van der Waals surface area contributed by atoms with E-state index in [1.54, 1.807) is 0 Å². The fourth-order valence-corrected chi connectivity index (χ4v) is 1.64. The first kappa shape index (κ1) is 10.8. The van der Waals surface area contributed by atoms with Gasteiger partial charge in [-0.15, -0.1) is 0 Å². The third-order valence-electron chi connectivity index (χ3n) is 2.24. The molecule has 1 atom stereocenters. The van der Waals surface area contributed by atoms with Crippen LogP contribution in [0.25, 0.3) is 0 Å². The van der Waals surface area contributed by atoms with E-state index in [1.807, 2.05) is 11.8 Å². The van der Waals surface area contributed by atoms with Gasteiger partial charge in [0.2, 0.25) is 5.91 Å². The summed E-state index contributed by atoms with van der Waals surface area (Å²) >= 11 is 0. The highest BCUT2D eigenvalue weighted by molar-refractivity contribution is 5.78. The van der Waals surface area contributed by atoms with Crippen molar-refractivity contribution >= 4 is 11.9 Å². The third-order valence-corrected chi connectivity index (χ3v) is 2.24. The smallest absolute Gasteiger partial charge is 0.217 e. The molecule has 0 saturated carbocycles. The van der Waals surface area contributed by atoms with Crippen LogP contribution in [0.1, 0.15) is 20.3 Å². The average molecular weight is 198 g/mol. The maximum atomic E-state index is 10.8. The van der Waals surface area contributed by atoms with Gasteiger partial charge in [0.1, 0.15) is 0 Å². The minimum atomic E-state index is 0.0165. The van der Waals surface area contributed by atoms with Crippen LogP contribution in [0.2, 0.25) is 0 Å². The zero-order valence-electron chi connectivity index (χ0n) is 8.79. The van der Waals surface area contributed by atoms with Crippen molar-refractivity contribution in [3.8, 4) is 0 Å². The molecule has 0 aliphatic carbocycles. The lowest BCUT2D eigenvalue weighted by Crippen LogP contribution is -2.40. The molecule has 5 nitrogen and oxygen atoms in total. The van der Waals surface area contributed by atoms with Gasteiger partial charge in [-0.05, 0) is 13.3 Å². The first-order valence-corrected chi connectivity index (χ1v) is 4.95. The summed E-state index contributed by atoms with van der Waals surface area (Å²) in [5.74, 6) is 0.600. The van der Waals surface area contributed by atoms with Crippen molar-refractivity contribution in [1.82, 2.24) is 10.2 Å². The van der Waals surface area contributed by atoms with E-state index >= 15 is 0 Å². The number of amides is 1. The molecule has 1 rings (SSSR count). The van der Waals surface area contributed by atoms with Crippen molar-refractivity contribution in [2.75, 3.05) is 19.6 Å². The number of nitrogens with one attached hydrogen (secondary N) is 1. The number of carbonyl (C=O) groups is 1. The Balaban J connectivity index is 2.41. The summed E-state index contributed by atoms with van der Waals surface area (Å²) < 4.78 is 0. The first-order chi connectivity index (χ1) is 6.63. The minimum absolute atomic E-state index is 0.0165. The highest BCUT2D eigenvalue weighted by Crippen LogP contribution is 2.08. The van der Waals surface area contributed by atoms with Crippen molar-refractivity contribution in [3.63, 3.8) is 0 Å². The predicted molar refractivity (Wildman–Crippen MR) is 56.0 cm³/mol. The summed E-state index contributed by atoms with van der Waals surface area (Å²) in [4.78, 5) is 16.9. The largest absolute Gasteiger partial charge is 0.370 e. The lowest BCUT2D eigenvalue weighted by Gasteiger charge is -2.17. The van der Waals surface area contributed by atoms with Gasteiger partial charge in [0, 0.05) is 32.6 Å². The number of aliphatic imine (C=N–C) groups is 1. The van der Waals surface area contributed by atoms with Gasteiger partial charge < -0.3 is 16.0 Å². The molecule has 80 valence electrons. The van der Waals surface area contributed by atoms with Gasteiger partial charge in [0.15, 0.2) is 5.96 Å². The van der Waals surface area contributed by atoms with Gasteiger partial charge in [0.05, 0.1) is 0 Å². The zero-order valence-corrected chi connectivity index (χ0v) is 8.79. The van der Waals surface area contributed by atoms with Crippen LogP contribution < -0.4 is 11.1 Å². The fraction of sp³-hybridized carbons (Fsp3) is 0.778. The summed E-state index contributed by atoms with van der Waals surface area (Å²) in [5, 5.41) is 2.88. The van der Waals surface area contributed by atoms with Crippen molar-refractivity contribution < 1.29 is 4.79 Å². The highest BCUT2D eigenvalue weighted by atomic mass is 16.1. The second-order valence-electron chi connectivity index (χ2n) is 3.46. The van der Waals surface area contributed by atoms with E-state index in [9.17, 15) is 4.79 Å². The second-order valence-corrected chi connectivity index (χ2v) is 3.46. The lowest BCUT2D eigenvalue weighted by molar-refractivity contribution is -0.119. The molecule has 0 bridgehead atoms. The van der Waals surface area contributed by atoms with E-state index < -0.39 is 0 Å². The molecular weight excluding hydrogens is 180 g/mol. The van der Waals surface area contributed by atoms with Crippen LogP contribution in [-0.2, 0) is 4.79 Å². The Morgan fingerprint density at radius 2 is 2.43 bits per heavy atom. The van der Waals surface area contributed by atoms with Gasteiger partial charge in [-0.1, -0.05) is 0 Å². The van der Waals surface area contributed by atoms with E-state index in [0.29, 0.717) is 12.5 Å². The van der Waals surface area contributed by atoms with Crippen LogP contribution in [-0.4, -0.2) is 42.4 Å². The minimum Gasteiger partial charge on any atom is -0.370 e. The van der Waals surface area contributed by atoms with Crippen molar-refractivity contribution in [2.45, 2.75) is 26.3 Å². The summed E-state index contributed by atoms with van der Waals surface area (Å²) in [7, 11) is 0. The van der Waals surface area contributed by atoms with Crippen LogP contribution in [0.15, 0.2) is 4.99 Å². The number of nitrogens with zero attached hydrogens (tertiary/aromatic N) is 2. The van der Waals surface area contributed by atoms with E-state index in [1.165, 1.54) is 6.92 Å². The van der Waals surface area contributed by atoms with Crippen molar-refractivity contribution in [3.05, 3.63) is 0 Å². The Hall–Kier alpha value is -1.26. The van der Waals surface area contributed by atoms with Gasteiger partial charge >= 0.3 is 0 Å². The molecule has 3 N–H and O–H groups in total. The third kappa shape index (κ3) is 2.90. The number of hydrogen-bond donors (Lipinski definition) is 2. The van der Waals surface area contributed by atoms with E-state index in [2.05, 4.69) is 10.3 Å². The van der Waals surface area contributed by atoms with Gasteiger partial charge in [-0.3, -0.25) is 9.79 Å². The predicted octanol–water partition coefficient (Wildman–Crippen LogP) is -0.469. The standard InChI is InChI=1S/C9H18N4O/c1-3-11-9(10)13-5-4-8(6-13)12-7(2)14/h8H,3-6H2,1-2H3,(H2,10,11)(H,12,14). The molecule has 1 amide bonds. The second kappa shape index (κ2) is 4.83. The molecule has 1 saturated heterocycles. The molecule has 1 aliphatic rings. The molecule has 5 heteroatoms. The Kier molecular flexibility index (Phi) is 3.73. The monoisotopic (exact) mass is 198 g/mol. The van der Waals surface area contributed by atoms with Crippen LogP contribution in [0.4, 0.5) is 0 Å². The maximum Gasteiger partial charge on any atom is 0.217 e. The Labute approximate surface area is 84.4 Å². The zero-order chi connectivity index (χ0) is 10.6. The normalized spacial score (nSPS) is 22.6. The molecule has 14 heavy (non-hydrogen) atoms. The fourth-order valence-electron chi connectivity index (χ4n) is 1.64. The number of carbonyl (C=O) groups excluding carboxylic acids is 1. The summed E-state index contributed by atoms with van der Waals surface area (Å²) in [5.41, 5.74) is 5.75.